The monoisotopic (exact) mass is 297 g/mol. The third-order valence-corrected chi connectivity index (χ3v) is 3.67. The lowest BCUT2D eigenvalue weighted by molar-refractivity contribution is -0.161. The molecule has 0 spiro atoms. The van der Waals surface area contributed by atoms with E-state index in [9.17, 15) is 18.3 Å². The summed E-state index contributed by atoms with van der Waals surface area (Å²) in [4.78, 5) is 0. The fraction of sp³-hybridized carbons (Fsp3) is 0.375. The Labute approximate surface area is 122 Å². The number of halogens is 3. The Bertz CT molecular complexity index is 575. The zero-order valence-electron chi connectivity index (χ0n) is 11.9. The molecule has 0 radical (unpaired) electrons. The number of nitrogens with one attached hydrogen (secondary N) is 1. The Hall–Kier alpha value is -1.75. The van der Waals surface area contributed by atoms with Crippen molar-refractivity contribution in [2.24, 2.45) is 5.92 Å². The molecule has 2 unspecified atom stereocenters. The van der Waals surface area contributed by atoms with Gasteiger partial charge >= 0.3 is 6.18 Å². The summed E-state index contributed by atoms with van der Waals surface area (Å²) >= 11 is 0. The van der Waals surface area contributed by atoms with Crippen molar-refractivity contribution in [1.29, 1.82) is 0 Å². The summed E-state index contributed by atoms with van der Waals surface area (Å²) in [6, 6.07) is 5.47. The van der Waals surface area contributed by atoms with Gasteiger partial charge in [-0.25, -0.2) is 0 Å². The summed E-state index contributed by atoms with van der Waals surface area (Å²) in [5.41, 5.74) is 3.14. The molecule has 21 heavy (non-hydrogen) atoms. The Balaban J connectivity index is 2.06. The van der Waals surface area contributed by atoms with Gasteiger partial charge in [0.2, 0.25) is 0 Å². The molecule has 0 saturated heterocycles. The van der Waals surface area contributed by atoms with E-state index in [1.54, 1.807) is 12.1 Å². The Morgan fingerprint density at radius 1 is 1.24 bits per heavy atom. The number of hydrogen-bond acceptors (Lipinski definition) is 2. The zero-order chi connectivity index (χ0) is 15.6. The minimum absolute atomic E-state index is 0.179. The Morgan fingerprint density at radius 3 is 2.57 bits per heavy atom. The zero-order valence-corrected chi connectivity index (χ0v) is 11.9. The van der Waals surface area contributed by atoms with Crippen molar-refractivity contribution < 1.29 is 18.3 Å². The second kappa shape index (κ2) is 5.93. The lowest BCUT2D eigenvalue weighted by Crippen LogP contribution is -2.28. The molecule has 0 amide bonds. The number of aliphatic hydroxyl groups excluding tert-OH is 1. The van der Waals surface area contributed by atoms with Gasteiger partial charge in [0.1, 0.15) is 0 Å². The maximum atomic E-state index is 12.7. The van der Waals surface area contributed by atoms with Crippen LogP contribution in [0.4, 0.5) is 13.2 Å². The summed E-state index contributed by atoms with van der Waals surface area (Å²) in [5, 5.41) is 12.9. The SMILES string of the molecule is Cc1ccc(C(O)NC2=CC=CC(C(F)(F)F)C2)cc1C. The molecule has 0 heterocycles. The quantitative estimate of drug-likeness (QED) is 0.829. The number of aryl methyl sites for hydroxylation is 2. The summed E-state index contributed by atoms with van der Waals surface area (Å²) < 4.78 is 38.1. The van der Waals surface area contributed by atoms with Crippen LogP contribution in [0.15, 0.2) is 42.1 Å². The van der Waals surface area contributed by atoms with Gasteiger partial charge in [-0.15, -0.1) is 0 Å². The van der Waals surface area contributed by atoms with Crippen LogP contribution >= 0.6 is 0 Å². The minimum Gasteiger partial charge on any atom is -0.369 e. The van der Waals surface area contributed by atoms with Crippen LogP contribution in [0.1, 0.15) is 29.3 Å². The van der Waals surface area contributed by atoms with Gasteiger partial charge in [0, 0.05) is 17.7 Å². The first-order valence-electron chi connectivity index (χ1n) is 6.73. The molecular weight excluding hydrogens is 279 g/mol. The van der Waals surface area contributed by atoms with Crippen LogP contribution in [-0.2, 0) is 0 Å². The Kier molecular flexibility index (Phi) is 4.42. The first-order chi connectivity index (χ1) is 9.77. The minimum atomic E-state index is -4.26. The van der Waals surface area contributed by atoms with Crippen LogP contribution in [0.25, 0.3) is 0 Å². The molecule has 0 aliphatic heterocycles. The molecule has 0 bridgehead atoms. The van der Waals surface area contributed by atoms with E-state index in [1.165, 1.54) is 6.08 Å². The molecule has 0 fully saturated rings. The summed E-state index contributed by atoms with van der Waals surface area (Å²) in [5.74, 6) is -1.50. The highest BCUT2D eigenvalue weighted by Gasteiger charge is 2.38. The van der Waals surface area contributed by atoms with E-state index in [-0.39, 0.29) is 6.42 Å². The molecule has 1 aliphatic carbocycles. The van der Waals surface area contributed by atoms with Crippen molar-refractivity contribution in [2.45, 2.75) is 32.7 Å². The van der Waals surface area contributed by atoms with Gasteiger partial charge in [0.25, 0.3) is 0 Å². The van der Waals surface area contributed by atoms with E-state index < -0.39 is 18.3 Å². The predicted molar refractivity (Wildman–Crippen MR) is 75.4 cm³/mol. The second-order valence-corrected chi connectivity index (χ2v) is 5.32. The van der Waals surface area contributed by atoms with Crippen LogP contribution in [0.3, 0.4) is 0 Å². The fourth-order valence-corrected chi connectivity index (χ4v) is 2.20. The number of hydrogen-bond donors (Lipinski definition) is 2. The number of aliphatic hydroxyl groups is 1. The van der Waals surface area contributed by atoms with Gasteiger partial charge in [-0.05, 0) is 31.1 Å². The molecule has 2 nitrogen and oxygen atoms in total. The molecule has 1 aromatic carbocycles. The van der Waals surface area contributed by atoms with E-state index in [4.69, 9.17) is 0 Å². The maximum absolute atomic E-state index is 12.7. The third kappa shape index (κ3) is 3.88. The molecule has 2 rings (SSSR count). The number of rotatable bonds is 3. The van der Waals surface area contributed by atoms with E-state index in [1.807, 2.05) is 26.0 Å². The first-order valence-corrected chi connectivity index (χ1v) is 6.73. The molecule has 1 aliphatic rings. The normalized spacial score (nSPS) is 20.1. The summed E-state index contributed by atoms with van der Waals surface area (Å²) in [6.07, 6.45) is -1.39. The molecule has 5 heteroatoms. The van der Waals surface area contributed by atoms with Gasteiger partial charge in [-0.3, -0.25) is 0 Å². The smallest absolute Gasteiger partial charge is 0.369 e. The predicted octanol–water partition coefficient (Wildman–Crippen LogP) is 3.91. The molecule has 2 N–H and O–H groups in total. The van der Waals surface area contributed by atoms with Crippen molar-refractivity contribution in [3.8, 4) is 0 Å². The molecule has 0 saturated carbocycles. The molecule has 114 valence electrons. The van der Waals surface area contributed by atoms with Gasteiger partial charge < -0.3 is 10.4 Å². The van der Waals surface area contributed by atoms with Crippen LogP contribution in [0.5, 0.6) is 0 Å². The van der Waals surface area contributed by atoms with E-state index in [0.29, 0.717) is 11.3 Å². The molecular formula is C16H18F3NO. The lowest BCUT2D eigenvalue weighted by Gasteiger charge is -2.24. The van der Waals surface area contributed by atoms with Gasteiger partial charge in [-0.1, -0.05) is 30.4 Å². The maximum Gasteiger partial charge on any atom is 0.395 e. The highest BCUT2D eigenvalue weighted by molar-refractivity contribution is 5.31. The first kappa shape index (κ1) is 15.6. The second-order valence-electron chi connectivity index (χ2n) is 5.32. The van der Waals surface area contributed by atoms with Crippen molar-refractivity contribution in [2.75, 3.05) is 0 Å². The van der Waals surface area contributed by atoms with Crippen molar-refractivity contribution in [3.05, 3.63) is 58.8 Å². The van der Waals surface area contributed by atoms with Crippen molar-refractivity contribution in [3.63, 3.8) is 0 Å². The van der Waals surface area contributed by atoms with Crippen LogP contribution < -0.4 is 5.32 Å². The van der Waals surface area contributed by atoms with Gasteiger partial charge in [-0.2, -0.15) is 13.2 Å². The molecule has 0 aromatic heterocycles. The highest BCUT2D eigenvalue weighted by atomic mass is 19.4. The average molecular weight is 297 g/mol. The van der Waals surface area contributed by atoms with Crippen LogP contribution in [0.2, 0.25) is 0 Å². The van der Waals surface area contributed by atoms with E-state index >= 15 is 0 Å². The highest BCUT2D eigenvalue weighted by Crippen LogP contribution is 2.34. The van der Waals surface area contributed by atoms with Crippen LogP contribution in [-0.4, -0.2) is 11.3 Å². The lowest BCUT2D eigenvalue weighted by atomic mass is 9.97. The Morgan fingerprint density at radius 2 is 1.95 bits per heavy atom. The molecule has 1 aromatic rings. The number of alkyl halides is 3. The standard InChI is InChI=1S/C16H18F3NO/c1-10-6-7-12(8-11(10)2)15(21)20-14-5-3-4-13(9-14)16(17,18)19/h3-8,13,15,20-21H,9H2,1-2H3. The van der Waals surface area contributed by atoms with Gasteiger partial charge in [0.05, 0.1) is 5.92 Å². The largest absolute Gasteiger partial charge is 0.395 e. The fourth-order valence-electron chi connectivity index (χ4n) is 2.20. The van der Waals surface area contributed by atoms with Crippen molar-refractivity contribution in [1.82, 2.24) is 5.32 Å². The summed E-state index contributed by atoms with van der Waals surface area (Å²) in [6.45, 7) is 3.88. The van der Waals surface area contributed by atoms with E-state index in [2.05, 4.69) is 5.32 Å². The molecule has 2 atom stereocenters. The topological polar surface area (TPSA) is 32.3 Å². The summed E-state index contributed by atoms with van der Waals surface area (Å²) in [7, 11) is 0. The van der Waals surface area contributed by atoms with Gasteiger partial charge in [0.15, 0.2) is 6.23 Å². The average Bonchev–Trinajstić information content (AvgIpc) is 2.41. The van der Waals surface area contributed by atoms with E-state index in [0.717, 1.165) is 17.2 Å². The van der Waals surface area contributed by atoms with Crippen LogP contribution in [0, 0.1) is 19.8 Å². The number of allylic oxidation sites excluding steroid dienone is 4. The number of benzene rings is 1. The third-order valence-electron chi connectivity index (χ3n) is 3.67. The van der Waals surface area contributed by atoms with Crippen molar-refractivity contribution >= 4 is 0 Å².